The minimum Gasteiger partial charge on any atom is -0.444 e. The normalized spacial score (nSPS) is 25.2. The lowest BCUT2D eigenvalue weighted by molar-refractivity contribution is -0.137. The van der Waals surface area contributed by atoms with Gasteiger partial charge < -0.3 is 14.5 Å². The highest BCUT2D eigenvalue weighted by Crippen LogP contribution is 2.43. The maximum Gasteiger partial charge on any atom is 0.417 e. The van der Waals surface area contributed by atoms with E-state index in [0.717, 1.165) is 12.1 Å². The smallest absolute Gasteiger partial charge is 0.417 e. The van der Waals surface area contributed by atoms with Gasteiger partial charge in [0.1, 0.15) is 11.6 Å². The first-order chi connectivity index (χ1) is 14.3. The molecule has 3 heterocycles. The zero-order chi connectivity index (χ0) is 22.9. The number of carbonyl (C=O) groups is 3. The summed E-state index contributed by atoms with van der Waals surface area (Å²) >= 11 is 0. The number of hydrogen-bond acceptors (Lipinski definition) is 5. The second kappa shape index (κ2) is 6.60. The quantitative estimate of drug-likeness (QED) is 0.631. The number of carbonyl (C=O) groups excluding carboxylic acids is 3. The molecule has 3 atom stereocenters. The Morgan fingerprint density at radius 2 is 1.90 bits per heavy atom. The van der Waals surface area contributed by atoms with Crippen molar-refractivity contribution in [1.82, 2.24) is 9.80 Å². The number of anilines is 1. The molecule has 3 saturated heterocycles. The summed E-state index contributed by atoms with van der Waals surface area (Å²) in [5.41, 5.74) is -2.83. The first-order valence-corrected chi connectivity index (χ1v) is 9.60. The fraction of sp³-hybridized carbons (Fsp3) is 0.500. The Hall–Kier alpha value is -3.29. The molecule has 0 spiro atoms. The first-order valence-electron chi connectivity index (χ1n) is 9.60. The number of imide groups is 1. The summed E-state index contributed by atoms with van der Waals surface area (Å²) in [4.78, 5) is 42.0. The van der Waals surface area contributed by atoms with E-state index in [1.165, 1.54) is 15.9 Å². The number of rotatable bonds is 1. The Labute approximate surface area is 175 Å². The van der Waals surface area contributed by atoms with Crippen LogP contribution < -0.4 is 4.90 Å². The predicted octanol–water partition coefficient (Wildman–Crippen LogP) is 3.11. The van der Waals surface area contributed by atoms with E-state index in [0.29, 0.717) is 17.4 Å². The van der Waals surface area contributed by atoms with Crippen molar-refractivity contribution in [3.63, 3.8) is 0 Å². The molecule has 0 N–H and O–H groups in total. The SMILES string of the molecule is CC(C)(C)OC(=O)N1C[C@H]2C[C@@H]1[C@H]1C(=O)N(c3ccc(C#N)c(C(F)(F)F)c3)C(=O)N21. The van der Waals surface area contributed by atoms with Crippen LogP contribution in [0.1, 0.15) is 38.3 Å². The predicted molar refractivity (Wildman–Crippen MR) is 99.8 cm³/mol. The van der Waals surface area contributed by atoms with Crippen molar-refractivity contribution in [2.75, 3.05) is 11.4 Å². The molecule has 3 aliphatic heterocycles. The van der Waals surface area contributed by atoms with Crippen LogP contribution in [0.3, 0.4) is 0 Å². The number of urea groups is 1. The van der Waals surface area contributed by atoms with Crippen LogP contribution in [-0.4, -0.2) is 58.1 Å². The third-order valence-electron chi connectivity index (χ3n) is 5.58. The van der Waals surface area contributed by atoms with Gasteiger partial charge in [-0.15, -0.1) is 0 Å². The zero-order valence-electron chi connectivity index (χ0n) is 16.9. The third kappa shape index (κ3) is 3.26. The highest BCUT2D eigenvalue weighted by Gasteiger charge is 2.63. The number of fused-ring (bicyclic) bond motifs is 5. The minimum atomic E-state index is -4.82. The molecule has 164 valence electrons. The van der Waals surface area contributed by atoms with Crippen LogP contribution in [0.25, 0.3) is 0 Å². The lowest BCUT2D eigenvalue weighted by atomic mass is 10.1. The topological polar surface area (TPSA) is 94.0 Å². The molecule has 0 radical (unpaired) electrons. The number of benzene rings is 1. The van der Waals surface area contributed by atoms with E-state index in [1.54, 1.807) is 20.8 Å². The summed E-state index contributed by atoms with van der Waals surface area (Å²) in [5, 5.41) is 8.96. The summed E-state index contributed by atoms with van der Waals surface area (Å²) in [6.07, 6.45) is -5.03. The zero-order valence-corrected chi connectivity index (χ0v) is 16.9. The number of alkyl halides is 3. The molecule has 4 rings (SSSR count). The number of ether oxygens (including phenoxy) is 1. The Kier molecular flexibility index (Phi) is 4.46. The van der Waals surface area contributed by atoms with Crippen molar-refractivity contribution in [2.24, 2.45) is 0 Å². The fourth-order valence-corrected chi connectivity index (χ4v) is 4.43. The molecule has 0 saturated carbocycles. The van der Waals surface area contributed by atoms with Crippen LogP contribution >= 0.6 is 0 Å². The van der Waals surface area contributed by atoms with Gasteiger partial charge in [0.25, 0.3) is 5.91 Å². The van der Waals surface area contributed by atoms with Gasteiger partial charge in [-0.1, -0.05) is 0 Å². The standard InChI is InChI=1S/C20H19F3N4O4/c1-19(2,3)31-18(30)25-9-12-7-14(25)15-16(28)27(17(29)26(12)15)11-5-4-10(8-24)13(6-11)20(21,22)23/h4-6,12,14-15H,7,9H2,1-3H3/t12-,14-,15+/m1/s1. The maximum atomic E-state index is 13.3. The van der Waals surface area contributed by atoms with Crippen molar-refractivity contribution < 1.29 is 32.3 Å². The number of nitrogens with zero attached hydrogens (tertiary/aromatic N) is 4. The van der Waals surface area contributed by atoms with Gasteiger partial charge in [-0.05, 0) is 45.4 Å². The summed E-state index contributed by atoms with van der Waals surface area (Å²) in [6.45, 7) is 5.31. The highest BCUT2D eigenvalue weighted by molar-refractivity contribution is 6.22. The van der Waals surface area contributed by atoms with Crippen molar-refractivity contribution in [3.8, 4) is 6.07 Å². The van der Waals surface area contributed by atoms with E-state index in [4.69, 9.17) is 10.00 Å². The Balaban J connectivity index is 1.65. The van der Waals surface area contributed by atoms with E-state index in [9.17, 15) is 27.6 Å². The highest BCUT2D eigenvalue weighted by atomic mass is 19.4. The average molecular weight is 436 g/mol. The molecular weight excluding hydrogens is 417 g/mol. The van der Waals surface area contributed by atoms with Gasteiger partial charge in [0.15, 0.2) is 0 Å². The summed E-state index contributed by atoms with van der Waals surface area (Å²) in [6, 6.07) is 1.42. The molecule has 0 aliphatic carbocycles. The molecule has 2 bridgehead atoms. The lowest BCUT2D eigenvalue weighted by Gasteiger charge is -2.35. The Morgan fingerprint density at radius 3 is 2.48 bits per heavy atom. The monoisotopic (exact) mass is 436 g/mol. The van der Waals surface area contributed by atoms with Crippen LogP contribution in [-0.2, 0) is 15.7 Å². The molecule has 1 aromatic rings. The number of likely N-dealkylation sites (tertiary alicyclic amines) is 1. The van der Waals surface area contributed by atoms with Crippen molar-refractivity contribution in [2.45, 2.75) is 57.1 Å². The van der Waals surface area contributed by atoms with Crippen molar-refractivity contribution >= 4 is 23.7 Å². The van der Waals surface area contributed by atoms with Crippen molar-refractivity contribution in [1.29, 1.82) is 5.26 Å². The van der Waals surface area contributed by atoms with Gasteiger partial charge >= 0.3 is 18.3 Å². The molecule has 11 heteroatoms. The molecule has 4 amide bonds. The first kappa shape index (κ1) is 21.0. The van der Waals surface area contributed by atoms with Gasteiger partial charge in [0, 0.05) is 6.54 Å². The van der Waals surface area contributed by atoms with Crippen LogP contribution in [0.4, 0.5) is 28.4 Å². The van der Waals surface area contributed by atoms with Gasteiger partial charge in [0.2, 0.25) is 0 Å². The molecule has 0 aromatic heterocycles. The van der Waals surface area contributed by atoms with Gasteiger partial charge in [-0.2, -0.15) is 18.4 Å². The van der Waals surface area contributed by atoms with E-state index in [-0.39, 0.29) is 12.2 Å². The number of amides is 4. The van der Waals surface area contributed by atoms with Gasteiger partial charge in [0.05, 0.1) is 35.0 Å². The second-order valence-corrected chi connectivity index (χ2v) is 8.74. The average Bonchev–Trinajstić information content (AvgIpc) is 3.31. The molecular formula is C20H19F3N4O4. The molecule has 3 fully saturated rings. The molecule has 3 aliphatic rings. The summed E-state index contributed by atoms with van der Waals surface area (Å²) in [5.74, 6) is -0.705. The molecule has 8 nitrogen and oxygen atoms in total. The maximum absolute atomic E-state index is 13.3. The van der Waals surface area contributed by atoms with Crippen LogP contribution in [0, 0.1) is 11.3 Å². The van der Waals surface area contributed by atoms with E-state index >= 15 is 0 Å². The number of halogens is 3. The Morgan fingerprint density at radius 1 is 1.23 bits per heavy atom. The third-order valence-corrected chi connectivity index (χ3v) is 5.58. The summed E-state index contributed by atoms with van der Waals surface area (Å²) in [7, 11) is 0. The number of hydrogen-bond donors (Lipinski definition) is 0. The van der Waals surface area contributed by atoms with E-state index in [2.05, 4.69) is 0 Å². The van der Waals surface area contributed by atoms with Gasteiger partial charge in [-0.25, -0.2) is 14.5 Å². The molecule has 31 heavy (non-hydrogen) atoms. The molecule has 1 aromatic carbocycles. The van der Waals surface area contributed by atoms with Crippen LogP contribution in [0.2, 0.25) is 0 Å². The van der Waals surface area contributed by atoms with E-state index in [1.807, 2.05) is 0 Å². The van der Waals surface area contributed by atoms with Crippen LogP contribution in [0.15, 0.2) is 18.2 Å². The Bertz CT molecular complexity index is 1030. The van der Waals surface area contributed by atoms with Gasteiger partial charge in [-0.3, -0.25) is 4.79 Å². The minimum absolute atomic E-state index is 0.185. The fourth-order valence-electron chi connectivity index (χ4n) is 4.43. The van der Waals surface area contributed by atoms with Crippen molar-refractivity contribution in [3.05, 3.63) is 29.3 Å². The second-order valence-electron chi connectivity index (χ2n) is 8.74. The largest absolute Gasteiger partial charge is 0.444 e. The number of piperazine rings is 1. The van der Waals surface area contributed by atoms with E-state index < -0.39 is 59.1 Å². The number of nitriles is 1. The van der Waals surface area contributed by atoms with Crippen LogP contribution in [0.5, 0.6) is 0 Å². The summed E-state index contributed by atoms with van der Waals surface area (Å²) < 4.78 is 45.4. The lowest BCUT2D eigenvalue weighted by Crippen LogP contribution is -2.55. The molecule has 0 unspecified atom stereocenters.